The van der Waals surface area contributed by atoms with Crippen molar-refractivity contribution in [3.63, 3.8) is 0 Å². The molecule has 772 valence electrons. The number of hydrogen-bond acceptors (Lipinski definition) is 34. The lowest BCUT2D eigenvalue weighted by atomic mass is 9.89. The summed E-state index contributed by atoms with van der Waals surface area (Å²) in [6.45, 7) is 17.0. The predicted molar refractivity (Wildman–Crippen MR) is 509 cm³/mol. The summed E-state index contributed by atoms with van der Waals surface area (Å²) >= 11 is 0. The smallest absolute Gasteiger partial charge is 0.476 e. The van der Waals surface area contributed by atoms with Gasteiger partial charge in [-0.2, -0.15) is 0 Å². The van der Waals surface area contributed by atoms with Gasteiger partial charge in [-0.15, -0.1) is 0 Å². The van der Waals surface area contributed by atoms with Gasteiger partial charge in [0.25, 0.3) is 34.8 Å². The maximum absolute atomic E-state index is 14.3. The highest BCUT2D eigenvalue weighted by Crippen LogP contribution is 2.56. The van der Waals surface area contributed by atoms with Crippen LogP contribution in [-0.4, -0.2) is 224 Å². The largest absolute Gasteiger partial charge is 0.789 e. The summed E-state index contributed by atoms with van der Waals surface area (Å²) in [6.07, 6.45) is -12.2. The number of aromatic amines is 2. The van der Waals surface area contributed by atoms with Crippen molar-refractivity contribution in [2.24, 2.45) is 14.1 Å². The van der Waals surface area contributed by atoms with E-state index in [1.54, 1.807) is 42.1 Å². The van der Waals surface area contributed by atoms with Crippen LogP contribution in [0.15, 0.2) is 128 Å². The third kappa shape index (κ3) is 25.6. The number of amides is 6. The molecule has 2 saturated heterocycles. The van der Waals surface area contributed by atoms with Gasteiger partial charge in [0.05, 0.1) is 55.1 Å². The van der Waals surface area contributed by atoms with E-state index < -0.39 is 117 Å². The number of benzene rings is 6. The summed E-state index contributed by atoms with van der Waals surface area (Å²) in [6, 6.07) is 31.0. The minimum Gasteiger partial charge on any atom is -0.789 e. The number of rotatable bonds is 38. The molecule has 0 spiro atoms. The van der Waals surface area contributed by atoms with Crippen molar-refractivity contribution >= 4 is 135 Å². The van der Waals surface area contributed by atoms with Crippen LogP contribution in [0.25, 0.3) is 89.2 Å². The second-order valence-electron chi connectivity index (χ2n) is 34.0. The van der Waals surface area contributed by atoms with Gasteiger partial charge in [-0.3, -0.25) is 65.5 Å². The number of imidazole rings is 2. The van der Waals surface area contributed by atoms with Crippen molar-refractivity contribution in [3.8, 4) is 44.9 Å². The highest BCUT2D eigenvalue weighted by atomic mass is 31.3. The molecular weight excluding hydrogens is 1960 g/mol. The van der Waals surface area contributed by atoms with E-state index in [-0.39, 0.29) is 110 Å². The minimum absolute atomic E-state index is 0.000155. The maximum atomic E-state index is 14.3. The molecule has 10 atom stereocenters. The zero-order valence-electron chi connectivity index (χ0n) is 80.2. The zero-order valence-corrected chi connectivity index (χ0v) is 83.8. The van der Waals surface area contributed by atoms with Crippen LogP contribution in [0.3, 0.4) is 0 Å². The SMILES string of the molecule is CCNc1cc2oc3cc(=[NH+]CC)c(C)cc-3c(-c3ccccc3C(=O)N(C)CCCC(=O)NCCNC(=O)O[C@@H]3[C@H](O)[C@@H](COP(=O)(O)OP(=O)([O-])[O-])O[C@H]3[n+]3cn(C)c4c(=O)[nH]c(N)nc43)c2cc1C.CCNc1cc2oc3cc(=[NH+]CC)c(C)cc-3c(-c3ccccc3C(=O)N(C)CCCC(=O)NCCNC(=O)O[C@H]3[C@@H](O)[C@H]([n+]4cn(C)c5c(=O)[nH]c(N)nc54)O[C@@H]3COP(=O)(O)OP(=O)([O-])[O-])c2cc1C. The number of nitrogens with two attached hydrogens (primary N) is 2. The number of nitrogens with zero attached hydrogens (tertiary/aromatic N) is 8. The number of H-pyrrole nitrogens is 2. The number of ether oxygens (including phenoxy) is 4. The number of aromatic nitrogens is 8. The lowest BCUT2D eigenvalue weighted by Gasteiger charge is -2.30. The Hall–Kier alpha value is -13.1. The van der Waals surface area contributed by atoms with Gasteiger partial charge in [-0.05, 0) is 127 Å². The van der Waals surface area contributed by atoms with Gasteiger partial charge in [0.15, 0.2) is 31.0 Å². The van der Waals surface area contributed by atoms with Crippen molar-refractivity contribution in [1.29, 1.82) is 0 Å². The Bertz CT molecular complexity index is 7300. The van der Waals surface area contributed by atoms with Gasteiger partial charge in [0.1, 0.15) is 54.1 Å². The van der Waals surface area contributed by atoms with Crippen LogP contribution >= 0.6 is 31.3 Å². The topological polar surface area (TPSA) is 712 Å². The molecule has 4 aromatic heterocycles. The maximum Gasteiger partial charge on any atom is 0.476 e. The summed E-state index contributed by atoms with van der Waals surface area (Å²) in [5, 5.41) is 43.1. The number of phosphoric acid groups is 4. The number of aryl methyl sites for hydroxylation is 6. The lowest BCUT2D eigenvalue weighted by molar-refractivity contribution is -0.746. The fraction of sp³-hybridized carbons (Fsp3) is 0.400. The minimum atomic E-state index is -6.01. The first kappa shape index (κ1) is 108. The number of hydrogen-bond donors (Lipinski definition) is 16. The van der Waals surface area contributed by atoms with Crippen molar-refractivity contribution in [1.82, 2.24) is 60.1 Å². The van der Waals surface area contributed by atoms with Crippen LogP contribution < -0.4 is 104 Å². The van der Waals surface area contributed by atoms with E-state index in [2.05, 4.69) is 104 Å². The average Bonchev–Trinajstić information content (AvgIpc) is 1.33. The van der Waals surface area contributed by atoms with E-state index in [1.165, 1.54) is 45.0 Å². The lowest BCUT2D eigenvalue weighted by Crippen LogP contribution is -2.76. The van der Waals surface area contributed by atoms with Crippen LogP contribution in [0, 0.1) is 27.7 Å². The van der Waals surface area contributed by atoms with Crippen LogP contribution in [0.5, 0.6) is 0 Å². The van der Waals surface area contributed by atoms with Gasteiger partial charge >= 0.3 is 39.1 Å². The molecular formula is C90H112N20O30P4. The molecule has 0 saturated carbocycles. The summed E-state index contributed by atoms with van der Waals surface area (Å²) in [4.78, 5) is 192. The number of aliphatic hydroxyl groups is 2. The summed E-state index contributed by atoms with van der Waals surface area (Å²) in [5.74, 6) is -0.530. The average molecular weight is 2080 g/mol. The molecule has 4 aliphatic heterocycles. The highest BCUT2D eigenvalue weighted by Gasteiger charge is 2.53. The third-order valence-corrected chi connectivity index (χ3v) is 27.7. The number of nitrogen functional groups attached to an aromatic ring is 2. The molecule has 54 heteroatoms. The van der Waals surface area contributed by atoms with Gasteiger partial charge < -0.3 is 130 Å². The molecule has 6 aliphatic rings. The number of carbonyl (C=O) groups is 6. The number of nitrogens with one attached hydrogen (secondary N) is 10. The van der Waals surface area contributed by atoms with Crippen molar-refractivity contribution in [2.75, 3.05) is 115 Å². The number of anilines is 4. The molecule has 2 unspecified atom stereocenters. The van der Waals surface area contributed by atoms with Gasteiger partial charge in [0.2, 0.25) is 46.0 Å². The molecule has 6 amide bonds. The van der Waals surface area contributed by atoms with E-state index in [0.29, 0.717) is 46.7 Å². The Balaban J connectivity index is 0.000000241. The number of fused-ring (bicyclic) bond motifs is 6. The first-order valence-electron chi connectivity index (χ1n) is 45.6. The molecule has 18 N–H and O–H groups in total. The number of alkyl carbamates (subject to hydrolysis) is 2. The van der Waals surface area contributed by atoms with E-state index in [1.807, 2.05) is 110 Å². The second kappa shape index (κ2) is 45.9. The van der Waals surface area contributed by atoms with E-state index in [0.717, 1.165) is 115 Å². The molecule has 4 aromatic carbocycles. The Morgan fingerprint density at radius 3 is 1.35 bits per heavy atom. The second-order valence-corrected chi connectivity index (χ2v) is 39.5. The molecule has 14 rings (SSSR count). The van der Waals surface area contributed by atoms with Crippen molar-refractivity contribution < 1.29 is 151 Å². The monoisotopic (exact) mass is 2080 g/mol. The molecule has 2 aliphatic carbocycles. The first-order chi connectivity index (χ1) is 68.2. The molecule has 8 heterocycles. The van der Waals surface area contributed by atoms with E-state index in [4.69, 9.17) is 39.2 Å². The normalized spacial score (nSPS) is 18.1. The van der Waals surface area contributed by atoms with Crippen LogP contribution in [0.4, 0.5) is 32.9 Å². The Labute approximate surface area is 820 Å². The van der Waals surface area contributed by atoms with E-state index >= 15 is 0 Å². The number of aliphatic hydroxyl groups excluding tert-OH is 2. The standard InChI is InChI=1S/2C45H56N10O15P2/c1-7-47-30-20-32-28(18-24(30)3)36(29-19-25(4)31(48-8-2)21-33(29)67-32)26-12-9-10-13-27(26)42(59)53(5)17-11-14-35(56)49-15-16-50-45(60)69-39-34(22-66-72(64,65)70-71(61,62)63)68-43(38(39)57)55-23-54(6)37-40(55)51-44(46)52-41(37)58;1-7-47-30-20-32-28(18-24(30)3)36(29-19-25(4)31(48-8-2)21-33(29)67-32)26-12-9-10-13-27(26)42(59)53(5)17-11-14-35(56)49-15-16-50-45(60)69-39-38(57)34(22-66-72(64,65)70-71(61,62)63)68-43(39)55-23-54(6)37-40(55)51-44(46)52-41(37)58/h2*9-10,12-13,18-21,23,34,38-39,43,57H,7-8,11,14-17,22H2,1-6H3,(H8-,46,47,48,49,50,51,52,56,58,60,61,62,63,64,65)/t2*34-,38-,39-,43-/m11/s1. The van der Waals surface area contributed by atoms with Crippen LogP contribution in [-0.2, 0) is 78.6 Å². The Morgan fingerprint density at radius 1 is 0.535 bits per heavy atom. The summed E-state index contributed by atoms with van der Waals surface area (Å²) in [7, 11) is -16.8. The van der Waals surface area contributed by atoms with Crippen LogP contribution in [0.2, 0.25) is 0 Å². The fourth-order valence-corrected chi connectivity index (χ4v) is 20.1. The molecule has 144 heavy (non-hydrogen) atoms. The molecule has 0 bridgehead atoms. The quantitative estimate of drug-likeness (QED) is 0.00991. The van der Waals surface area contributed by atoms with Crippen molar-refractivity contribution in [3.05, 3.63) is 175 Å². The van der Waals surface area contributed by atoms with Gasteiger partial charge in [-0.1, -0.05) is 46.4 Å². The highest BCUT2D eigenvalue weighted by molar-refractivity contribution is 7.59. The fourth-order valence-electron chi connectivity index (χ4n) is 17.1. The number of phosphoric ester groups is 2. The summed E-state index contributed by atoms with van der Waals surface area (Å²) < 4.78 is 103. The van der Waals surface area contributed by atoms with Crippen LogP contribution in [0.1, 0.15) is 109 Å². The molecule has 8 aromatic rings. The van der Waals surface area contributed by atoms with Gasteiger partial charge in [0, 0.05) is 158 Å². The molecule has 0 radical (unpaired) electrons. The molecule has 50 nitrogen and oxygen atoms in total. The van der Waals surface area contributed by atoms with Gasteiger partial charge in [-0.25, -0.2) is 37.8 Å². The molecule has 2 fully saturated rings. The number of carbonyl (C=O) groups excluding carboxylic acids is 6. The predicted octanol–water partition coefficient (Wildman–Crippen LogP) is -0.634. The third-order valence-electron chi connectivity index (χ3n) is 23.5. The zero-order chi connectivity index (χ0) is 104. The Kier molecular flexibility index (Phi) is 34.5. The van der Waals surface area contributed by atoms with Crippen molar-refractivity contribution in [2.45, 2.75) is 130 Å². The van der Waals surface area contributed by atoms with E-state index in [9.17, 15) is 96.2 Å². The first-order valence-corrected chi connectivity index (χ1v) is 51.5. The Morgan fingerprint density at radius 2 is 0.931 bits per heavy atom. The summed E-state index contributed by atoms with van der Waals surface area (Å²) in [5.41, 5.74) is 23.1.